The number of ether oxygens (including phenoxy) is 1. The van der Waals surface area contributed by atoms with Crippen molar-refractivity contribution in [3.63, 3.8) is 0 Å². The number of carbonyl (C=O) groups excluding carboxylic acids is 2. The van der Waals surface area contributed by atoms with Crippen molar-refractivity contribution in [3.05, 3.63) is 89.5 Å². The molecule has 1 fully saturated rings. The van der Waals surface area contributed by atoms with Gasteiger partial charge in [-0.2, -0.15) is 0 Å². The summed E-state index contributed by atoms with van der Waals surface area (Å²) in [6.07, 6.45) is 1.09. The second kappa shape index (κ2) is 9.25. The summed E-state index contributed by atoms with van der Waals surface area (Å²) >= 11 is 0. The molecule has 0 aliphatic heterocycles. The standard InChI is InChI=1S/C28H26N2O5/c1-30(19-14-12-18(13-15-19)27(32)33)26(31)25(17-10-11-17)29-28(34)35-16-24-22-8-4-2-6-20(22)21-7-3-5-9-23(21)24/h2-9,12-15,17,24-25H,10-11,16H2,1H3,(H,29,34)(H,32,33). The molecule has 5 rings (SSSR count). The van der Waals surface area contributed by atoms with Gasteiger partial charge in [0.1, 0.15) is 12.6 Å². The highest BCUT2D eigenvalue weighted by molar-refractivity contribution is 5.99. The number of carbonyl (C=O) groups is 3. The van der Waals surface area contributed by atoms with Crippen molar-refractivity contribution in [2.75, 3.05) is 18.6 Å². The van der Waals surface area contributed by atoms with Crippen LogP contribution in [-0.2, 0) is 9.53 Å². The number of fused-ring (bicyclic) bond motifs is 3. The first-order chi connectivity index (χ1) is 16.9. The third kappa shape index (κ3) is 4.49. The van der Waals surface area contributed by atoms with Gasteiger partial charge in [-0.3, -0.25) is 4.79 Å². The summed E-state index contributed by atoms with van der Waals surface area (Å²) in [4.78, 5) is 38.5. The zero-order valence-corrected chi connectivity index (χ0v) is 19.3. The molecular formula is C28H26N2O5. The molecule has 0 saturated heterocycles. The van der Waals surface area contributed by atoms with Gasteiger partial charge in [-0.05, 0) is 65.3 Å². The lowest BCUT2D eigenvalue weighted by atomic mass is 9.98. The van der Waals surface area contributed by atoms with E-state index in [-0.39, 0.29) is 29.9 Å². The first kappa shape index (κ1) is 22.7. The van der Waals surface area contributed by atoms with Crippen LogP contribution in [0.4, 0.5) is 10.5 Å². The van der Waals surface area contributed by atoms with E-state index in [1.165, 1.54) is 17.0 Å². The Bertz CT molecular complexity index is 1240. The number of hydrogen-bond acceptors (Lipinski definition) is 4. The monoisotopic (exact) mass is 470 g/mol. The Hall–Kier alpha value is -4.13. The topological polar surface area (TPSA) is 95.9 Å². The lowest BCUT2D eigenvalue weighted by Crippen LogP contribution is -2.49. The number of nitrogens with one attached hydrogen (secondary N) is 1. The highest BCUT2D eigenvalue weighted by Gasteiger charge is 2.39. The molecule has 2 aliphatic rings. The second-order valence-electron chi connectivity index (χ2n) is 9.03. The number of rotatable bonds is 7. The number of likely N-dealkylation sites (N-methyl/N-ethyl adjacent to an activating group) is 1. The van der Waals surface area contributed by atoms with Gasteiger partial charge in [0.05, 0.1) is 5.56 Å². The molecule has 1 unspecified atom stereocenters. The summed E-state index contributed by atoms with van der Waals surface area (Å²) in [7, 11) is 1.62. The van der Waals surface area contributed by atoms with Crippen molar-refractivity contribution >= 4 is 23.7 Å². The number of carboxylic acids is 1. The van der Waals surface area contributed by atoms with E-state index in [4.69, 9.17) is 9.84 Å². The third-order valence-electron chi connectivity index (χ3n) is 6.81. The van der Waals surface area contributed by atoms with Crippen LogP contribution < -0.4 is 10.2 Å². The Morgan fingerprint density at radius 2 is 1.51 bits per heavy atom. The summed E-state index contributed by atoms with van der Waals surface area (Å²) in [5, 5.41) is 11.9. The quantitative estimate of drug-likeness (QED) is 0.523. The number of amides is 2. The lowest BCUT2D eigenvalue weighted by Gasteiger charge is -2.25. The molecule has 2 amide bonds. The Morgan fingerprint density at radius 1 is 0.943 bits per heavy atom. The van der Waals surface area contributed by atoms with Crippen LogP contribution in [0.2, 0.25) is 0 Å². The maximum Gasteiger partial charge on any atom is 0.407 e. The van der Waals surface area contributed by atoms with E-state index in [9.17, 15) is 14.4 Å². The van der Waals surface area contributed by atoms with Crippen LogP contribution in [0.1, 0.15) is 40.2 Å². The number of alkyl carbamates (subject to hydrolysis) is 1. The van der Waals surface area contributed by atoms with Crippen LogP contribution in [0.3, 0.4) is 0 Å². The van der Waals surface area contributed by atoms with Crippen LogP contribution in [0, 0.1) is 5.92 Å². The normalized spacial score (nSPS) is 15.0. The molecule has 2 aliphatic carbocycles. The van der Waals surface area contributed by atoms with Crippen molar-refractivity contribution in [2.45, 2.75) is 24.8 Å². The van der Waals surface area contributed by atoms with Gasteiger partial charge in [-0.25, -0.2) is 9.59 Å². The molecule has 178 valence electrons. The van der Waals surface area contributed by atoms with Crippen LogP contribution >= 0.6 is 0 Å². The highest BCUT2D eigenvalue weighted by atomic mass is 16.5. The van der Waals surface area contributed by atoms with Gasteiger partial charge in [-0.1, -0.05) is 48.5 Å². The average Bonchev–Trinajstić information content (AvgIpc) is 3.67. The van der Waals surface area contributed by atoms with Gasteiger partial charge in [0.2, 0.25) is 5.91 Å². The fourth-order valence-electron chi connectivity index (χ4n) is 4.74. The number of benzene rings is 3. The zero-order valence-electron chi connectivity index (χ0n) is 19.3. The summed E-state index contributed by atoms with van der Waals surface area (Å²) in [5.74, 6) is -1.29. The predicted octanol–water partition coefficient (Wildman–Crippen LogP) is 4.66. The predicted molar refractivity (Wildman–Crippen MR) is 132 cm³/mol. The molecule has 0 heterocycles. The van der Waals surface area contributed by atoms with E-state index in [1.54, 1.807) is 19.2 Å². The fraction of sp³-hybridized carbons (Fsp3) is 0.250. The molecular weight excluding hydrogens is 444 g/mol. The minimum atomic E-state index is -1.03. The summed E-state index contributed by atoms with van der Waals surface area (Å²) in [6.45, 7) is 0.178. The van der Waals surface area contributed by atoms with E-state index >= 15 is 0 Å². The number of carboxylic acid groups (broad SMARTS) is 1. The van der Waals surface area contributed by atoms with E-state index in [0.717, 1.165) is 35.1 Å². The molecule has 0 aromatic heterocycles. The largest absolute Gasteiger partial charge is 0.478 e. The molecule has 0 bridgehead atoms. The molecule has 1 saturated carbocycles. The van der Waals surface area contributed by atoms with Gasteiger partial charge in [0.15, 0.2) is 0 Å². The maximum atomic E-state index is 13.2. The first-order valence-corrected chi connectivity index (χ1v) is 11.7. The van der Waals surface area contributed by atoms with E-state index in [0.29, 0.717) is 5.69 Å². The Kier molecular flexibility index (Phi) is 5.99. The van der Waals surface area contributed by atoms with E-state index in [2.05, 4.69) is 29.6 Å². The average molecular weight is 471 g/mol. The lowest BCUT2D eigenvalue weighted by molar-refractivity contribution is -0.120. The first-order valence-electron chi connectivity index (χ1n) is 11.7. The highest BCUT2D eigenvalue weighted by Crippen LogP contribution is 2.44. The molecule has 7 nitrogen and oxygen atoms in total. The molecule has 0 radical (unpaired) electrons. The minimum Gasteiger partial charge on any atom is -0.478 e. The SMILES string of the molecule is CN(C(=O)C(NC(=O)OCC1c2ccccc2-c2ccccc21)C1CC1)c1ccc(C(=O)O)cc1. The Morgan fingerprint density at radius 3 is 2.06 bits per heavy atom. The van der Waals surface area contributed by atoms with Crippen molar-refractivity contribution in [2.24, 2.45) is 5.92 Å². The van der Waals surface area contributed by atoms with Crippen LogP contribution in [0.25, 0.3) is 11.1 Å². The van der Waals surface area contributed by atoms with Gasteiger partial charge >= 0.3 is 12.1 Å². The molecule has 3 aromatic carbocycles. The van der Waals surface area contributed by atoms with Crippen LogP contribution in [0.15, 0.2) is 72.8 Å². The van der Waals surface area contributed by atoms with Gasteiger partial charge in [0, 0.05) is 18.7 Å². The molecule has 3 aromatic rings. The molecule has 0 spiro atoms. The Balaban J connectivity index is 1.25. The Labute approximate surface area is 203 Å². The van der Waals surface area contributed by atoms with Crippen molar-refractivity contribution in [3.8, 4) is 11.1 Å². The van der Waals surface area contributed by atoms with Crippen molar-refractivity contribution in [1.82, 2.24) is 5.32 Å². The van der Waals surface area contributed by atoms with Gasteiger partial charge < -0.3 is 20.1 Å². The summed E-state index contributed by atoms with van der Waals surface area (Å²) < 4.78 is 5.64. The molecule has 2 N–H and O–H groups in total. The van der Waals surface area contributed by atoms with E-state index < -0.39 is 18.1 Å². The smallest absolute Gasteiger partial charge is 0.407 e. The second-order valence-corrected chi connectivity index (χ2v) is 9.03. The number of hydrogen-bond donors (Lipinski definition) is 2. The van der Waals surface area contributed by atoms with Gasteiger partial charge in [0.25, 0.3) is 0 Å². The van der Waals surface area contributed by atoms with Crippen LogP contribution in [-0.4, -0.2) is 42.8 Å². The number of aromatic carboxylic acids is 1. The molecule has 35 heavy (non-hydrogen) atoms. The third-order valence-corrected chi connectivity index (χ3v) is 6.81. The van der Waals surface area contributed by atoms with E-state index in [1.807, 2.05) is 24.3 Å². The number of anilines is 1. The zero-order chi connectivity index (χ0) is 24.5. The maximum absolute atomic E-state index is 13.2. The van der Waals surface area contributed by atoms with Crippen molar-refractivity contribution in [1.29, 1.82) is 0 Å². The summed E-state index contributed by atoms with van der Waals surface area (Å²) in [6, 6.07) is 21.6. The molecule has 7 heteroatoms. The fourth-order valence-corrected chi connectivity index (χ4v) is 4.74. The molecule has 1 atom stereocenters. The summed E-state index contributed by atoms with van der Waals surface area (Å²) in [5.41, 5.74) is 5.25. The minimum absolute atomic E-state index is 0.0568. The number of nitrogens with zero attached hydrogens (tertiary/aromatic N) is 1. The van der Waals surface area contributed by atoms with Gasteiger partial charge in [-0.15, -0.1) is 0 Å². The van der Waals surface area contributed by atoms with Crippen molar-refractivity contribution < 1.29 is 24.2 Å². The van der Waals surface area contributed by atoms with Crippen LogP contribution in [0.5, 0.6) is 0 Å².